The first-order valence-electron chi connectivity index (χ1n) is 8.88. The van der Waals surface area contributed by atoms with Gasteiger partial charge in [-0.15, -0.1) is 5.10 Å². The van der Waals surface area contributed by atoms with Crippen LogP contribution in [0.3, 0.4) is 0 Å². The molecule has 1 aromatic heterocycles. The van der Waals surface area contributed by atoms with E-state index in [-0.39, 0.29) is 11.9 Å². The maximum absolute atomic E-state index is 12.2. The number of carbonyl (C=O) groups is 1. The third-order valence-electron chi connectivity index (χ3n) is 5.02. The van der Waals surface area contributed by atoms with Gasteiger partial charge in [-0.25, -0.2) is 0 Å². The zero-order valence-corrected chi connectivity index (χ0v) is 16.0. The SMILES string of the molecule is CC(=O)N1CCC[C@H](NCc2snnc2C)[C@@H]1Cc1ccc(C)cc1. The van der Waals surface area contributed by atoms with Crippen LogP contribution in [0.2, 0.25) is 0 Å². The van der Waals surface area contributed by atoms with Gasteiger partial charge in [0.15, 0.2) is 0 Å². The van der Waals surface area contributed by atoms with Crippen LogP contribution >= 0.6 is 11.5 Å². The predicted octanol–water partition coefficient (Wildman–Crippen LogP) is 2.87. The van der Waals surface area contributed by atoms with Gasteiger partial charge in [0.2, 0.25) is 5.91 Å². The monoisotopic (exact) mass is 358 g/mol. The second-order valence-corrected chi connectivity index (χ2v) is 7.72. The molecule has 1 aromatic carbocycles. The summed E-state index contributed by atoms with van der Waals surface area (Å²) in [5.41, 5.74) is 3.54. The smallest absolute Gasteiger partial charge is 0.219 e. The number of amides is 1. The van der Waals surface area contributed by atoms with Crippen molar-refractivity contribution in [2.75, 3.05) is 6.54 Å². The molecule has 134 valence electrons. The van der Waals surface area contributed by atoms with Crippen LogP contribution in [-0.2, 0) is 17.8 Å². The molecule has 0 spiro atoms. The second-order valence-electron chi connectivity index (χ2n) is 6.88. The first kappa shape index (κ1) is 18.0. The summed E-state index contributed by atoms with van der Waals surface area (Å²) in [5, 5.41) is 7.75. The van der Waals surface area contributed by atoms with Gasteiger partial charge in [0.1, 0.15) is 0 Å². The molecule has 5 nitrogen and oxygen atoms in total. The number of likely N-dealkylation sites (tertiary alicyclic amines) is 1. The van der Waals surface area contributed by atoms with Crippen LogP contribution < -0.4 is 5.32 Å². The molecule has 0 saturated carbocycles. The maximum atomic E-state index is 12.2. The molecule has 2 aromatic rings. The largest absolute Gasteiger partial charge is 0.338 e. The van der Waals surface area contributed by atoms with Crippen molar-refractivity contribution in [2.45, 2.75) is 58.7 Å². The molecule has 0 unspecified atom stereocenters. The number of aryl methyl sites for hydroxylation is 2. The molecule has 6 heteroatoms. The average Bonchev–Trinajstić information content (AvgIpc) is 3.00. The Labute approximate surface area is 153 Å². The maximum Gasteiger partial charge on any atom is 0.219 e. The highest BCUT2D eigenvalue weighted by atomic mass is 32.1. The van der Waals surface area contributed by atoms with Crippen LogP contribution in [0.4, 0.5) is 0 Å². The van der Waals surface area contributed by atoms with Gasteiger partial charge in [-0.05, 0) is 50.2 Å². The molecule has 0 bridgehead atoms. The minimum atomic E-state index is 0.166. The van der Waals surface area contributed by atoms with Crippen molar-refractivity contribution < 1.29 is 4.79 Å². The number of hydrogen-bond donors (Lipinski definition) is 1. The normalized spacial score (nSPS) is 20.7. The molecule has 1 saturated heterocycles. The minimum absolute atomic E-state index is 0.166. The van der Waals surface area contributed by atoms with E-state index in [1.807, 2.05) is 11.8 Å². The van der Waals surface area contributed by atoms with E-state index in [4.69, 9.17) is 0 Å². The number of hydrogen-bond acceptors (Lipinski definition) is 5. The first-order valence-corrected chi connectivity index (χ1v) is 9.66. The molecular formula is C19H26N4OS. The molecule has 2 heterocycles. The molecule has 0 aliphatic carbocycles. The van der Waals surface area contributed by atoms with E-state index < -0.39 is 0 Å². The van der Waals surface area contributed by atoms with Gasteiger partial charge < -0.3 is 10.2 Å². The Hall–Kier alpha value is -1.79. The predicted molar refractivity (Wildman–Crippen MR) is 101 cm³/mol. The van der Waals surface area contributed by atoms with Gasteiger partial charge in [0, 0.05) is 26.1 Å². The highest BCUT2D eigenvalue weighted by Gasteiger charge is 2.32. The van der Waals surface area contributed by atoms with Crippen LogP contribution in [0.25, 0.3) is 0 Å². The summed E-state index contributed by atoms with van der Waals surface area (Å²) in [7, 11) is 0. The van der Waals surface area contributed by atoms with E-state index in [1.165, 1.54) is 27.5 Å². The van der Waals surface area contributed by atoms with Crippen LogP contribution in [0, 0.1) is 13.8 Å². The zero-order valence-electron chi connectivity index (χ0n) is 15.2. The van der Waals surface area contributed by atoms with Crippen LogP contribution in [0.15, 0.2) is 24.3 Å². The highest BCUT2D eigenvalue weighted by molar-refractivity contribution is 7.05. The third-order valence-corrected chi connectivity index (χ3v) is 5.84. The van der Waals surface area contributed by atoms with Gasteiger partial charge in [-0.2, -0.15) is 0 Å². The summed E-state index contributed by atoms with van der Waals surface area (Å²) in [6.07, 6.45) is 3.02. The van der Waals surface area contributed by atoms with E-state index in [9.17, 15) is 4.79 Å². The zero-order chi connectivity index (χ0) is 17.8. The number of carbonyl (C=O) groups excluding carboxylic acids is 1. The standard InChI is InChI=1S/C19H26N4OS/c1-13-6-8-16(9-7-13)11-18-17(5-4-10-23(18)15(3)24)20-12-19-14(2)21-22-25-19/h6-9,17-18,20H,4-5,10-12H2,1-3H3/t17-,18-/m0/s1. The lowest BCUT2D eigenvalue weighted by Gasteiger charge is -2.41. The van der Waals surface area contributed by atoms with E-state index in [2.05, 4.69) is 46.1 Å². The fourth-order valence-electron chi connectivity index (χ4n) is 3.54. The van der Waals surface area contributed by atoms with Crippen molar-refractivity contribution in [3.8, 4) is 0 Å². The first-order chi connectivity index (χ1) is 12.0. The Morgan fingerprint density at radius 2 is 2.08 bits per heavy atom. The molecule has 1 aliphatic rings. The summed E-state index contributed by atoms with van der Waals surface area (Å²) in [5.74, 6) is 0.166. The highest BCUT2D eigenvalue weighted by Crippen LogP contribution is 2.23. The summed E-state index contributed by atoms with van der Waals surface area (Å²) >= 11 is 1.45. The number of rotatable bonds is 5. The van der Waals surface area contributed by atoms with E-state index in [0.717, 1.165) is 38.0 Å². The summed E-state index contributed by atoms with van der Waals surface area (Å²) in [4.78, 5) is 15.4. The summed E-state index contributed by atoms with van der Waals surface area (Å²) in [6.45, 7) is 7.40. The van der Waals surface area contributed by atoms with Crippen LogP contribution in [0.1, 0.15) is 41.5 Å². The Morgan fingerprint density at radius 1 is 1.32 bits per heavy atom. The fraction of sp³-hybridized carbons (Fsp3) is 0.526. The van der Waals surface area contributed by atoms with Crippen molar-refractivity contribution in [3.05, 3.63) is 46.0 Å². The number of aromatic nitrogens is 2. The molecule has 1 fully saturated rings. The van der Waals surface area contributed by atoms with Gasteiger partial charge in [-0.1, -0.05) is 34.3 Å². The van der Waals surface area contributed by atoms with Crippen molar-refractivity contribution in [2.24, 2.45) is 0 Å². The quantitative estimate of drug-likeness (QED) is 0.893. The molecule has 3 rings (SSSR count). The average molecular weight is 359 g/mol. The molecule has 1 N–H and O–H groups in total. The third kappa shape index (κ3) is 4.44. The van der Waals surface area contributed by atoms with Crippen LogP contribution in [-0.4, -0.2) is 39.0 Å². The number of nitrogens with one attached hydrogen (secondary N) is 1. The number of nitrogens with zero attached hydrogens (tertiary/aromatic N) is 3. The topological polar surface area (TPSA) is 58.1 Å². The molecule has 0 radical (unpaired) electrons. The molecule has 2 atom stereocenters. The Bertz CT molecular complexity index is 712. The molecule has 25 heavy (non-hydrogen) atoms. The summed E-state index contributed by atoms with van der Waals surface area (Å²) in [6, 6.07) is 9.12. The summed E-state index contributed by atoms with van der Waals surface area (Å²) < 4.78 is 4.01. The molecule has 1 aliphatic heterocycles. The van der Waals surface area contributed by atoms with Gasteiger partial charge in [0.25, 0.3) is 0 Å². The molecule has 1 amide bonds. The van der Waals surface area contributed by atoms with Crippen molar-refractivity contribution in [3.63, 3.8) is 0 Å². The second kappa shape index (κ2) is 8.06. The lowest BCUT2D eigenvalue weighted by atomic mass is 9.90. The van der Waals surface area contributed by atoms with Crippen molar-refractivity contribution in [1.29, 1.82) is 0 Å². The van der Waals surface area contributed by atoms with Gasteiger partial charge in [0.05, 0.1) is 16.6 Å². The van der Waals surface area contributed by atoms with E-state index in [1.54, 1.807) is 6.92 Å². The van der Waals surface area contributed by atoms with E-state index in [0.29, 0.717) is 6.04 Å². The van der Waals surface area contributed by atoms with Crippen molar-refractivity contribution in [1.82, 2.24) is 19.8 Å². The Balaban J connectivity index is 1.74. The number of benzene rings is 1. The Kier molecular flexibility index (Phi) is 5.81. The van der Waals surface area contributed by atoms with Crippen LogP contribution in [0.5, 0.6) is 0 Å². The lowest BCUT2D eigenvalue weighted by Crippen LogP contribution is -2.56. The van der Waals surface area contributed by atoms with Crippen molar-refractivity contribution >= 4 is 17.4 Å². The molecular weight excluding hydrogens is 332 g/mol. The number of piperidine rings is 1. The van der Waals surface area contributed by atoms with Gasteiger partial charge in [-0.3, -0.25) is 4.79 Å². The fourth-order valence-corrected chi connectivity index (χ4v) is 4.12. The Morgan fingerprint density at radius 3 is 2.72 bits per heavy atom. The lowest BCUT2D eigenvalue weighted by molar-refractivity contribution is -0.133. The minimum Gasteiger partial charge on any atom is -0.338 e. The van der Waals surface area contributed by atoms with Gasteiger partial charge >= 0.3 is 0 Å². The van der Waals surface area contributed by atoms with E-state index >= 15 is 0 Å².